The Morgan fingerprint density at radius 2 is 1.65 bits per heavy atom. The van der Waals surface area contributed by atoms with E-state index >= 15 is 0 Å². The molecule has 8 nitrogen and oxygen atoms in total. The lowest BCUT2D eigenvalue weighted by atomic mass is 10.2. The third-order valence-electron chi connectivity index (χ3n) is 4.37. The van der Waals surface area contributed by atoms with Crippen LogP contribution in [0.2, 0.25) is 0 Å². The molecule has 0 atom stereocenters. The lowest BCUT2D eigenvalue weighted by Gasteiger charge is -2.11. The van der Waals surface area contributed by atoms with Crippen LogP contribution in [0.4, 0.5) is 5.95 Å². The van der Waals surface area contributed by atoms with Crippen LogP contribution in [0.15, 0.2) is 84.0 Å². The Kier molecular flexibility index (Phi) is 5.68. The molecule has 1 N–H and O–H groups in total. The Morgan fingerprint density at radius 3 is 2.29 bits per heavy atom. The van der Waals surface area contributed by atoms with Gasteiger partial charge in [-0.2, -0.15) is 10.1 Å². The first-order chi connectivity index (χ1) is 14.9. The van der Waals surface area contributed by atoms with E-state index in [2.05, 4.69) is 19.8 Å². The molecule has 9 heteroatoms. The molecule has 2 heterocycles. The normalized spacial score (nSPS) is 11.5. The summed E-state index contributed by atoms with van der Waals surface area (Å²) in [6.45, 7) is 4.03. The molecule has 2 aromatic heterocycles. The van der Waals surface area contributed by atoms with Gasteiger partial charge in [0.05, 0.1) is 16.8 Å². The second-order valence-corrected chi connectivity index (χ2v) is 8.73. The average Bonchev–Trinajstić information content (AvgIpc) is 3.25. The predicted octanol–water partition coefficient (Wildman–Crippen LogP) is 4.51. The quantitative estimate of drug-likeness (QED) is 0.458. The van der Waals surface area contributed by atoms with E-state index < -0.39 is 10.0 Å². The molecule has 4 aromatic rings. The molecule has 4 rings (SSSR count). The minimum absolute atomic E-state index is 0.0930. The SMILES string of the molecule is CC(C)n1cc(-c2cc(Oc3ccccc3)nc(NS(=O)(=O)c3ccccc3)n2)cn1. The molecule has 31 heavy (non-hydrogen) atoms. The molecular weight excluding hydrogens is 414 g/mol. The Bertz CT molecular complexity index is 1270. The van der Waals surface area contributed by atoms with Gasteiger partial charge in [-0.05, 0) is 38.1 Å². The number of ether oxygens (including phenoxy) is 1. The topological polar surface area (TPSA) is 99.0 Å². The van der Waals surface area contributed by atoms with Gasteiger partial charge in [-0.3, -0.25) is 4.68 Å². The van der Waals surface area contributed by atoms with Gasteiger partial charge >= 0.3 is 0 Å². The first-order valence-electron chi connectivity index (χ1n) is 9.65. The maximum Gasteiger partial charge on any atom is 0.264 e. The van der Waals surface area contributed by atoms with Crippen LogP contribution in [0.25, 0.3) is 11.3 Å². The van der Waals surface area contributed by atoms with Crippen molar-refractivity contribution in [3.05, 3.63) is 79.1 Å². The van der Waals surface area contributed by atoms with Gasteiger partial charge in [0.25, 0.3) is 10.0 Å². The lowest BCUT2D eigenvalue weighted by molar-refractivity contribution is 0.463. The molecule has 158 valence electrons. The van der Waals surface area contributed by atoms with Crippen LogP contribution < -0.4 is 9.46 Å². The van der Waals surface area contributed by atoms with Crippen LogP contribution in [0.3, 0.4) is 0 Å². The molecule has 2 aromatic carbocycles. The molecule has 0 fully saturated rings. The summed E-state index contributed by atoms with van der Waals surface area (Å²) in [6, 6.07) is 19.0. The van der Waals surface area contributed by atoms with Gasteiger partial charge in [0, 0.05) is 23.9 Å². The number of benzene rings is 2. The molecule has 0 bridgehead atoms. The Labute approximate surface area is 180 Å². The van der Waals surface area contributed by atoms with Gasteiger partial charge < -0.3 is 4.74 Å². The van der Waals surface area contributed by atoms with Crippen molar-refractivity contribution in [3.63, 3.8) is 0 Å². The molecule has 0 saturated carbocycles. The zero-order valence-electron chi connectivity index (χ0n) is 17.0. The smallest absolute Gasteiger partial charge is 0.264 e. The van der Waals surface area contributed by atoms with E-state index in [-0.39, 0.29) is 22.8 Å². The van der Waals surface area contributed by atoms with Gasteiger partial charge in [0.15, 0.2) is 0 Å². The Hall–Kier alpha value is -3.72. The van der Waals surface area contributed by atoms with E-state index in [0.717, 1.165) is 0 Å². The van der Waals surface area contributed by atoms with Crippen molar-refractivity contribution in [1.29, 1.82) is 0 Å². The van der Waals surface area contributed by atoms with Crippen LogP contribution in [0, 0.1) is 0 Å². The monoisotopic (exact) mass is 435 g/mol. The fourth-order valence-electron chi connectivity index (χ4n) is 2.81. The summed E-state index contributed by atoms with van der Waals surface area (Å²) in [4.78, 5) is 8.76. The van der Waals surface area contributed by atoms with Crippen LogP contribution >= 0.6 is 0 Å². The third kappa shape index (κ3) is 4.89. The standard InChI is InChI=1S/C22H21N5O3S/c1-16(2)27-15-17(14-23-27)20-13-21(30-18-9-5-3-6-10-18)25-22(24-20)26-31(28,29)19-11-7-4-8-12-19/h3-16H,1-2H3,(H,24,25,26). The molecule has 0 aliphatic carbocycles. The summed E-state index contributed by atoms with van der Waals surface area (Å²) < 4.78 is 35.6. The van der Waals surface area contributed by atoms with Crippen molar-refractivity contribution in [2.45, 2.75) is 24.8 Å². The number of anilines is 1. The van der Waals surface area contributed by atoms with Crippen LogP contribution in [-0.4, -0.2) is 28.2 Å². The molecule has 0 saturated heterocycles. The Morgan fingerprint density at radius 1 is 0.968 bits per heavy atom. The predicted molar refractivity (Wildman–Crippen MR) is 117 cm³/mol. The van der Waals surface area contributed by atoms with Crippen molar-refractivity contribution < 1.29 is 13.2 Å². The van der Waals surface area contributed by atoms with Crippen LogP contribution in [0.1, 0.15) is 19.9 Å². The summed E-state index contributed by atoms with van der Waals surface area (Å²) in [7, 11) is -3.86. The molecule has 0 radical (unpaired) electrons. The van der Waals surface area contributed by atoms with E-state index in [1.807, 2.05) is 38.2 Å². The fourth-order valence-corrected chi connectivity index (χ4v) is 3.78. The highest BCUT2D eigenvalue weighted by atomic mass is 32.2. The minimum Gasteiger partial charge on any atom is -0.439 e. The second kappa shape index (κ2) is 8.57. The Balaban J connectivity index is 1.73. The summed E-state index contributed by atoms with van der Waals surface area (Å²) in [5.74, 6) is 0.686. The molecule has 0 aliphatic heterocycles. The van der Waals surface area contributed by atoms with Crippen molar-refractivity contribution in [1.82, 2.24) is 19.7 Å². The third-order valence-corrected chi connectivity index (χ3v) is 5.72. The summed E-state index contributed by atoms with van der Waals surface area (Å²) in [5.41, 5.74) is 1.20. The highest BCUT2D eigenvalue weighted by Gasteiger charge is 2.18. The van der Waals surface area contributed by atoms with Gasteiger partial charge in [0.2, 0.25) is 11.8 Å². The highest BCUT2D eigenvalue weighted by Crippen LogP contribution is 2.27. The zero-order valence-corrected chi connectivity index (χ0v) is 17.8. The van der Waals surface area contributed by atoms with Crippen molar-refractivity contribution in [2.75, 3.05) is 4.72 Å². The highest BCUT2D eigenvalue weighted by molar-refractivity contribution is 7.92. The molecular formula is C22H21N5O3S. The van der Waals surface area contributed by atoms with Crippen molar-refractivity contribution in [2.24, 2.45) is 0 Å². The number of hydrogen-bond acceptors (Lipinski definition) is 6. The van der Waals surface area contributed by atoms with Crippen LogP contribution in [-0.2, 0) is 10.0 Å². The van der Waals surface area contributed by atoms with Gasteiger partial charge in [-0.1, -0.05) is 36.4 Å². The maximum atomic E-state index is 12.8. The largest absolute Gasteiger partial charge is 0.439 e. The number of rotatable bonds is 7. The number of hydrogen-bond donors (Lipinski definition) is 1. The summed E-state index contributed by atoms with van der Waals surface area (Å²) >= 11 is 0. The number of aromatic nitrogens is 4. The van der Waals surface area contributed by atoms with E-state index in [9.17, 15) is 8.42 Å². The van der Waals surface area contributed by atoms with E-state index in [1.54, 1.807) is 47.3 Å². The summed E-state index contributed by atoms with van der Waals surface area (Å²) in [6.07, 6.45) is 3.51. The maximum absolute atomic E-state index is 12.8. The average molecular weight is 436 g/mol. The van der Waals surface area contributed by atoms with Crippen LogP contribution in [0.5, 0.6) is 11.6 Å². The van der Waals surface area contributed by atoms with E-state index in [0.29, 0.717) is 17.0 Å². The second-order valence-electron chi connectivity index (χ2n) is 7.05. The zero-order chi connectivity index (χ0) is 21.8. The summed E-state index contributed by atoms with van der Waals surface area (Å²) in [5, 5.41) is 4.33. The molecule has 0 amide bonds. The first kappa shape index (κ1) is 20.5. The van der Waals surface area contributed by atoms with E-state index in [1.165, 1.54) is 12.1 Å². The molecule has 0 aliphatic rings. The fraction of sp³-hybridized carbons (Fsp3) is 0.136. The number of nitrogens with one attached hydrogen (secondary N) is 1. The van der Waals surface area contributed by atoms with Crippen molar-refractivity contribution >= 4 is 16.0 Å². The van der Waals surface area contributed by atoms with Gasteiger partial charge in [0.1, 0.15) is 5.75 Å². The number of nitrogens with zero attached hydrogens (tertiary/aromatic N) is 4. The van der Waals surface area contributed by atoms with Gasteiger partial charge in [-0.15, -0.1) is 0 Å². The molecule has 0 spiro atoms. The first-order valence-corrected chi connectivity index (χ1v) is 11.1. The number of sulfonamides is 1. The molecule has 0 unspecified atom stereocenters. The van der Waals surface area contributed by atoms with E-state index in [4.69, 9.17) is 4.74 Å². The lowest BCUT2D eigenvalue weighted by Crippen LogP contribution is -2.15. The number of para-hydroxylation sites is 1. The van der Waals surface area contributed by atoms with Gasteiger partial charge in [-0.25, -0.2) is 18.1 Å². The minimum atomic E-state index is -3.86. The van der Waals surface area contributed by atoms with Crippen molar-refractivity contribution in [3.8, 4) is 22.9 Å².